The highest BCUT2D eigenvalue weighted by molar-refractivity contribution is 5.99. The van der Waals surface area contributed by atoms with Crippen LogP contribution in [0.15, 0.2) is 18.2 Å². The standard InChI is InChI=1S/C18H25N3O3/c1-13-15(18(23)21-8-10-24-11-9-21)5-2-6-16(13)20-17(22)12-14-4-3-7-19-14/h2,5-6,14,19H,3-4,7-12H2,1H3,(H,20,22). The van der Waals surface area contributed by atoms with Crippen molar-refractivity contribution in [1.82, 2.24) is 10.2 Å². The van der Waals surface area contributed by atoms with Gasteiger partial charge in [0.1, 0.15) is 0 Å². The Kier molecular flexibility index (Phi) is 5.48. The molecule has 0 aromatic heterocycles. The first kappa shape index (κ1) is 16.9. The zero-order valence-corrected chi connectivity index (χ0v) is 14.1. The Morgan fingerprint density at radius 3 is 2.83 bits per heavy atom. The first-order chi connectivity index (χ1) is 11.6. The third-order valence-corrected chi connectivity index (χ3v) is 4.73. The van der Waals surface area contributed by atoms with Crippen LogP contribution in [0.1, 0.15) is 35.2 Å². The minimum absolute atomic E-state index is 0.00404. The summed E-state index contributed by atoms with van der Waals surface area (Å²) in [5, 5.41) is 6.29. The van der Waals surface area contributed by atoms with Crippen molar-refractivity contribution in [2.24, 2.45) is 0 Å². The molecule has 0 bridgehead atoms. The lowest BCUT2D eigenvalue weighted by Crippen LogP contribution is -2.41. The van der Waals surface area contributed by atoms with Crippen LogP contribution in [0.3, 0.4) is 0 Å². The number of anilines is 1. The quantitative estimate of drug-likeness (QED) is 0.878. The Balaban J connectivity index is 1.68. The van der Waals surface area contributed by atoms with Crippen molar-refractivity contribution in [3.63, 3.8) is 0 Å². The summed E-state index contributed by atoms with van der Waals surface area (Å²) >= 11 is 0. The van der Waals surface area contributed by atoms with Crippen molar-refractivity contribution >= 4 is 17.5 Å². The van der Waals surface area contributed by atoms with Gasteiger partial charge in [-0.15, -0.1) is 0 Å². The molecular weight excluding hydrogens is 306 g/mol. The predicted molar refractivity (Wildman–Crippen MR) is 92.2 cm³/mol. The van der Waals surface area contributed by atoms with E-state index in [1.54, 1.807) is 4.90 Å². The summed E-state index contributed by atoms with van der Waals surface area (Å²) in [4.78, 5) is 26.7. The van der Waals surface area contributed by atoms with Gasteiger partial charge in [-0.05, 0) is 44.0 Å². The van der Waals surface area contributed by atoms with Gasteiger partial charge in [-0.1, -0.05) is 6.07 Å². The lowest BCUT2D eigenvalue weighted by Gasteiger charge is -2.27. The summed E-state index contributed by atoms with van der Waals surface area (Å²) in [6.45, 7) is 5.26. The van der Waals surface area contributed by atoms with Crippen LogP contribution in [-0.2, 0) is 9.53 Å². The molecule has 2 heterocycles. The highest BCUT2D eigenvalue weighted by Gasteiger charge is 2.22. The fourth-order valence-electron chi connectivity index (χ4n) is 3.30. The molecule has 1 atom stereocenters. The molecule has 0 spiro atoms. The summed E-state index contributed by atoms with van der Waals surface area (Å²) in [6, 6.07) is 5.76. The lowest BCUT2D eigenvalue weighted by atomic mass is 10.0. The second-order valence-corrected chi connectivity index (χ2v) is 6.43. The van der Waals surface area contributed by atoms with Gasteiger partial charge in [-0.25, -0.2) is 0 Å². The number of amides is 2. The molecule has 2 aliphatic rings. The second kappa shape index (κ2) is 7.77. The number of carbonyl (C=O) groups excluding carboxylic acids is 2. The fraction of sp³-hybridized carbons (Fsp3) is 0.556. The minimum atomic E-state index is -0.00604. The number of hydrogen-bond acceptors (Lipinski definition) is 4. The third-order valence-electron chi connectivity index (χ3n) is 4.73. The first-order valence-electron chi connectivity index (χ1n) is 8.65. The summed E-state index contributed by atoms with van der Waals surface area (Å²) in [6.07, 6.45) is 2.64. The van der Waals surface area contributed by atoms with Gasteiger partial charge in [0.15, 0.2) is 0 Å². The molecule has 3 rings (SSSR count). The number of rotatable bonds is 4. The molecule has 24 heavy (non-hydrogen) atoms. The zero-order chi connectivity index (χ0) is 16.9. The molecule has 6 heteroatoms. The van der Waals surface area contributed by atoms with Crippen LogP contribution in [0.2, 0.25) is 0 Å². The fourth-order valence-corrected chi connectivity index (χ4v) is 3.30. The normalized spacial score (nSPS) is 20.9. The van der Waals surface area contributed by atoms with E-state index >= 15 is 0 Å². The van der Waals surface area contributed by atoms with Crippen molar-refractivity contribution in [3.05, 3.63) is 29.3 Å². The van der Waals surface area contributed by atoms with Crippen LogP contribution >= 0.6 is 0 Å². The Labute approximate surface area is 142 Å². The monoisotopic (exact) mass is 331 g/mol. The van der Waals surface area contributed by atoms with Crippen LogP contribution in [-0.4, -0.2) is 55.6 Å². The van der Waals surface area contributed by atoms with Crippen LogP contribution in [0, 0.1) is 6.92 Å². The van der Waals surface area contributed by atoms with E-state index in [-0.39, 0.29) is 17.9 Å². The lowest BCUT2D eigenvalue weighted by molar-refractivity contribution is -0.116. The maximum absolute atomic E-state index is 12.7. The Bertz CT molecular complexity index is 606. The molecule has 6 nitrogen and oxygen atoms in total. The van der Waals surface area contributed by atoms with E-state index in [1.165, 1.54) is 0 Å². The predicted octanol–water partition coefficient (Wildman–Crippen LogP) is 1.55. The Morgan fingerprint density at radius 1 is 1.33 bits per heavy atom. The van der Waals surface area contributed by atoms with Gasteiger partial charge >= 0.3 is 0 Å². The number of nitrogens with one attached hydrogen (secondary N) is 2. The van der Waals surface area contributed by atoms with Crippen molar-refractivity contribution < 1.29 is 14.3 Å². The number of nitrogens with zero attached hydrogens (tertiary/aromatic N) is 1. The molecule has 2 amide bonds. The number of carbonyl (C=O) groups is 2. The SMILES string of the molecule is Cc1c(NC(=O)CC2CCCN2)cccc1C(=O)N1CCOCC1. The number of benzene rings is 1. The van der Waals surface area contributed by atoms with E-state index in [0.717, 1.165) is 30.6 Å². The summed E-state index contributed by atoms with van der Waals surface area (Å²) in [5.41, 5.74) is 2.19. The van der Waals surface area contributed by atoms with E-state index in [4.69, 9.17) is 4.74 Å². The van der Waals surface area contributed by atoms with Crippen molar-refractivity contribution in [1.29, 1.82) is 0 Å². The molecule has 1 aromatic rings. The van der Waals surface area contributed by atoms with Crippen LogP contribution in [0.4, 0.5) is 5.69 Å². The van der Waals surface area contributed by atoms with Gasteiger partial charge in [0.25, 0.3) is 5.91 Å². The average molecular weight is 331 g/mol. The molecule has 0 radical (unpaired) electrons. The highest BCUT2D eigenvalue weighted by atomic mass is 16.5. The van der Waals surface area contributed by atoms with Crippen molar-refractivity contribution in [2.45, 2.75) is 32.2 Å². The Morgan fingerprint density at radius 2 is 2.12 bits per heavy atom. The molecule has 1 unspecified atom stereocenters. The summed E-state index contributed by atoms with van der Waals surface area (Å²) in [7, 11) is 0. The van der Waals surface area contributed by atoms with E-state index in [2.05, 4.69) is 10.6 Å². The molecule has 130 valence electrons. The van der Waals surface area contributed by atoms with Crippen molar-refractivity contribution in [3.8, 4) is 0 Å². The van der Waals surface area contributed by atoms with Gasteiger partial charge in [-0.3, -0.25) is 9.59 Å². The van der Waals surface area contributed by atoms with Crippen LogP contribution in [0.5, 0.6) is 0 Å². The van der Waals surface area contributed by atoms with Gasteiger partial charge < -0.3 is 20.3 Å². The zero-order valence-electron chi connectivity index (χ0n) is 14.1. The smallest absolute Gasteiger partial charge is 0.254 e. The largest absolute Gasteiger partial charge is 0.378 e. The van der Waals surface area contributed by atoms with Crippen LogP contribution in [0.25, 0.3) is 0 Å². The number of morpholine rings is 1. The molecule has 1 aromatic carbocycles. The maximum atomic E-state index is 12.7. The third kappa shape index (κ3) is 3.94. The molecular formula is C18H25N3O3. The Hall–Kier alpha value is -1.92. The second-order valence-electron chi connectivity index (χ2n) is 6.43. The van der Waals surface area contributed by atoms with Gasteiger partial charge in [0.2, 0.25) is 5.91 Å². The molecule has 2 fully saturated rings. The van der Waals surface area contributed by atoms with Crippen LogP contribution < -0.4 is 10.6 Å². The van der Waals surface area contributed by atoms with Gasteiger partial charge in [-0.2, -0.15) is 0 Å². The topological polar surface area (TPSA) is 70.7 Å². The van der Waals surface area contributed by atoms with E-state index < -0.39 is 0 Å². The van der Waals surface area contributed by atoms with Crippen molar-refractivity contribution in [2.75, 3.05) is 38.2 Å². The van der Waals surface area contributed by atoms with Gasteiger partial charge in [0.05, 0.1) is 13.2 Å². The molecule has 0 saturated carbocycles. The summed E-state index contributed by atoms with van der Waals surface area (Å²) in [5.74, 6) is -0.00201. The van der Waals surface area contributed by atoms with E-state index in [1.807, 2.05) is 25.1 Å². The summed E-state index contributed by atoms with van der Waals surface area (Å²) < 4.78 is 5.30. The first-order valence-corrected chi connectivity index (χ1v) is 8.65. The molecule has 2 saturated heterocycles. The van der Waals surface area contributed by atoms with E-state index in [0.29, 0.717) is 38.3 Å². The molecule has 2 aliphatic heterocycles. The van der Waals surface area contributed by atoms with Gasteiger partial charge in [0, 0.05) is 36.8 Å². The molecule has 2 N–H and O–H groups in total. The highest BCUT2D eigenvalue weighted by Crippen LogP contribution is 2.21. The molecule has 0 aliphatic carbocycles. The number of hydrogen-bond donors (Lipinski definition) is 2. The minimum Gasteiger partial charge on any atom is -0.378 e. The van der Waals surface area contributed by atoms with E-state index in [9.17, 15) is 9.59 Å². The average Bonchev–Trinajstić information content (AvgIpc) is 3.10. The maximum Gasteiger partial charge on any atom is 0.254 e. The number of ether oxygens (including phenoxy) is 1.